The quantitative estimate of drug-likeness (QED) is 0.887. The molecular weight excluding hydrogens is 244 g/mol. The molecule has 0 saturated carbocycles. The van der Waals surface area contributed by atoms with E-state index in [-0.39, 0.29) is 17.4 Å². The second kappa shape index (κ2) is 5.14. The first-order valence-corrected chi connectivity index (χ1v) is 6.00. The van der Waals surface area contributed by atoms with Crippen LogP contribution >= 0.6 is 0 Å². The normalized spacial score (nSPS) is 10.7. The predicted octanol–water partition coefficient (Wildman–Crippen LogP) is 2.27. The number of aromatic amines is 1. The lowest BCUT2D eigenvalue weighted by atomic mass is 10.1. The van der Waals surface area contributed by atoms with Gasteiger partial charge in [0.2, 0.25) is 5.88 Å². The Morgan fingerprint density at radius 2 is 1.89 bits per heavy atom. The van der Waals surface area contributed by atoms with Crippen molar-refractivity contribution < 1.29 is 9.84 Å². The summed E-state index contributed by atoms with van der Waals surface area (Å²) in [6, 6.07) is 7.07. The average molecular weight is 260 g/mol. The lowest BCUT2D eigenvalue weighted by Crippen LogP contribution is -2.16. The van der Waals surface area contributed by atoms with Crippen molar-refractivity contribution in [3.63, 3.8) is 0 Å². The molecule has 1 heterocycles. The lowest BCUT2D eigenvalue weighted by molar-refractivity contribution is 0.415. The molecule has 0 fully saturated rings. The summed E-state index contributed by atoms with van der Waals surface area (Å²) >= 11 is 0. The van der Waals surface area contributed by atoms with E-state index in [2.05, 4.69) is 9.97 Å². The molecule has 1 aromatic carbocycles. The van der Waals surface area contributed by atoms with Gasteiger partial charge in [-0.1, -0.05) is 13.8 Å². The zero-order chi connectivity index (χ0) is 14.0. The first kappa shape index (κ1) is 13.1. The fourth-order valence-corrected chi connectivity index (χ4v) is 1.88. The number of hydrogen-bond donors (Lipinski definition) is 2. The molecule has 19 heavy (non-hydrogen) atoms. The Kier molecular flexibility index (Phi) is 3.55. The van der Waals surface area contributed by atoms with Gasteiger partial charge in [0.15, 0.2) is 0 Å². The van der Waals surface area contributed by atoms with Gasteiger partial charge in [-0.2, -0.15) is 4.98 Å². The summed E-state index contributed by atoms with van der Waals surface area (Å²) in [7, 11) is 1.58. The van der Waals surface area contributed by atoms with Crippen LogP contribution in [-0.2, 0) is 0 Å². The van der Waals surface area contributed by atoms with Gasteiger partial charge in [0.05, 0.1) is 12.7 Å². The summed E-state index contributed by atoms with van der Waals surface area (Å²) in [6.07, 6.45) is 0. The Bertz CT molecular complexity index is 630. The Morgan fingerprint density at radius 3 is 2.37 bits per heavy atom. The number of aromatic hydroxyl groups is 1. The zero-order valence-corrected chi connectivity index (χ0v) is 11.1. The molecule has 0 atom stereocenters. The molecule has 2 N–H and O–H groups in total. The molecule has 1 aromatic heterocycles. The van der Waals surface area contributed by atoms with E-state index >= 15 is 0 Å². The van der Waals surface area contributed by atoms with Crippen LogP contribution in [0.15, 0.2) is 29.1 Å². The van der Waals surface area contributed by atoms with Crippen molar-refractivity contribution in [1.82, 2.24) is 9.97 Å². The lowest BCUT2D eigenvalue weighted by Gasteiger charge is -2.08. The smallest absolute Gasteiger partial charge is 0.258 e. The molecule has 2 aromatic rings. The largest absolute Gasteiger partial charge is 0.497 e. The molecule has 0 unspecified atom stereocenters. The number of ether oxygens (including phenoxy) is 1. The minimum atomic E-state index is -0.312. The third-order valence-electron chi connectivity index (χ3n) is 2.88. The Balaban J connectivity index is 2.49. The maximum atomic E-state index is 11.9. The molecule has 0 spiro atoms. The third-order valence-corrected chi connectivity index (χ3v) is 2.88. The van der Waals surface area contributed by atoms with Crippen LogP contribution in [0.4, 0.5) is 0 Å². The monoisotopic (exact) mass is 260 g/mol. The van der Waals surface area contributed by atoms with Crippen LogP contribution in [0.3, 0.4) is 0 Å². The van der Waals surface area contributed by atoms with Crippen LogP contribution in [0.2, 0.25) is 0 Å². The molecule has 2 rings (SSSR count). The first-order valence-electron chi connectivity index (χ1n) is 6.00. The third kappa shape index (κ3) is 2.59. The number of H-pyrrole nitrogens is 1. The Labute approximate surface area is 110 Å². The second-order valence-corrected chi connectivity index (χ2v) is 4.54. The predicted molar refractivity (Wildman–Crippen MR) is 72.6 cm³/mol. The number of benzene rings is 1. The summed E-state index contributed by atoms with van der Waals surface area (Å²) in [5, 5.41) is 9.85. The second-order valence-electron chi connectivity index (χ2n) is 4.54. The van der Waals surface area contributed by atoms with Crippen LogP contribution in [0, 0.1) is 0 Å². The van der Waals surface area contributed by atoms with Crippen LogP contribution in [0.25, 0.3) is 11.4 Å². The summed E-state index contributed by atoms with van der Waals surface area (Å²) in [5.41, 5.74) is 0.703. The highest BCUT2D eigenvalue weighted by Crippen LogP contribution is 2.23. The van der Waals surface area contributed by atoms with Crippen LogP contribution in [-0.4, -0.2) is 22.2 Å². The van der Waals surface area contributed by atoms with Crippen molar-refractivity contribution in [2.45, 2.75) is 19.8 Å². The number of rotatable bonds is 3. The van der Waals surface area contributed by atoms with Gasteiger partial charge in [0.25, 0.3) is 5.56 Å². The molecule has 0 bridgehead atoms. The van der Waals surface area contributed by atoms with E-state index in [1.807, 2.05) is 13.8 Å². The van der Waals surface area contributed by atoms with E-state index in [0.717, 1.165) is 0 Å². The number of nitrogens with zero attached hydrogens (tertiary/aromatic N) is 1. The molecule has 0 aliphatic rings. The minimum absolute atomic E-state index is 0.0823. The van der Waals surface area contributed by atoms with E-state index in [1.165, 1.54) is 0 Å². The van der Waals surface area contributed by atoms with Gasteiger partial charge < -0.3 is 14.8 Å². The van der Waals surface area contributed by atoms with E-state index in [1.54, 1.807) is 31.4 Å². The standard InChI is InChI=1S/C14H16N2O3/c1-8(2)11-13(17)15-12(16-14(11)18)9-4-6-10(19-3)7-5-9/h4-8H,1-3H3,(H2,15,16,17,18). The van der Waals surface area contributed by atoms with E-state index in [9.17, 15) is 9.90 Å². The highest BCUT2D eigenvalue weighted by Gasteiger charge is 2.14. The number of nitrogens with one attached hydrogen (secondary N) is 1. The number of aromatic nitrogens is 2. The fraction of sp³-hybridized carbons (Fsp3) is 0.286. The summed E-state index contributed by atoms with van der Waals surface area (Å²) in [4.78, 5) is 18.6. The van der Waals surface area contributed by atoms with E-state index in [0.29, 0.717) is 22.7 Å². The number of methoxy groups -OCH3 is 1. The summed E-state index contributed by atoms with van der Waals surface area (Å²) in [5.74, 6) is 0.759. The van der Waals surface area contributed by atoms with Crippen molar-refractivity contribution >= 4 is 0 Å². The van der Waals surface area contributed by atoms with E-state index in [4.69, 9.17) is 4.74 Å². The highest BCUT2D eigenvalue weighted by atomic mass is 16.5. The molecule has 0 saturated heterocycles. The first-order chi connectivity index (χ1) is 9.02. The molecule has 0 amide bonds. The zero-order valence-electron chi connectivity index (χ0n) is 11.1. The van der Waals surface area contributed by atoms with Crippen molar-refractivity contribution in [2.75, 3.05) is 7.11 Å². The van der Waals surface area contributed by atoms with Crippen LogP contribution < -0.4 is 10.3 Å². The van der Waals surface area contributed by atoms with Crippen molar-refractivity contribution in [2.24, 2.45) is 0 Å². The molecule has 100 valence electrons. The van der Waals surface area contributed by atoms with Gasteiger partial charge in [0, 0.05) is 5.56 Å². The van der Waals surface area contributed by atoms with E-state index < -0.39 is 0 Å². The molecule has 0 aliphatic carbocycles. The van der Waals surface area contributed by atoms with Gasteiger partial charge in [0.1, 0.15) is 11.6 Å². The molecular formula is C14H16N2O3. The van der Waals surface area contributed by atoms with Gasteiger partial charge in [-0.05, 0) is 30.2 Å². The van der Waals surface area contributed by atoms with Gasteiger partial charge >= 0.3 is 0 Å². The number of hydrogen-bond acceptors (Lipinski definition) is 4. The van der Waals surface area contributed by atoms with Gasteiger partial charge in [-0.3, -0.25) is 4.79 Å². The maximum Gasteiger partial charge on any atom is 0.258 e. The van der Waals surface area contributed by atoms with Crippen LogP contribution in [0.5, 0.6) is 11.6 Å². The summed E-state index contributed by atoms with van der Waals surface area (Å²) < 4.78 is 5.06. The topological polar surface area (TPSA) is 75.2 Å². The maximum absolute atomic E-state index is 11.9. The van der Waals surface area contributed by atoms with Crippen molar-refractivity contribution in [3.05, 3.63) is 40.2 Å². The Hall–Kier alpha value is -2.30. The average Bonchev–Trinajstić information content (AvgIpc) is 2.37. The molecule has 0 radical (unpaired) electrons. The highest BCUT2D eigenvalue weighted by molar-refractivity contribution is 5.57. The minimum Gasteiger partial charge on any atom is -0.497 e. The molecule has 5 nitrogen and oxygen atoms in total. The summed E-state index contributed by atoms with van der Waals surface area (Å²) in [6.45, 7) is 3.66. The van der Waals surface area contributed by atoms with Gasteiger partial charge in [-0.25, -0.2) is 0 Å². The van der Waals surface area contributed by atoms with Crippen LogP contribution in [0.1, 0.15) is 25.3 Å². The Morgan fingerprint density at radius 1 is 1.26 bits per heavy atom. The molecule has 0 aliphatic heterocycles. The SMILES string of the molecule is COc1ccc(-c2nc(O)c(C(C)C)c(=O)[nH]2)cc1. The fourth-order valence-electron chi connectivity index (χ4n) is 1.88. The van der Waals surface area contributed by atoms with Crippen molar-refractivity contribution in [3.8, 4) is 23.0 Å². The van der Waals surface area contributed by atoms with Crippen molar-refractivity contribution in [1.29, 1.82) is 0 Å². The van der Waals surface area contributed by atoms with Gasteiger partial charge in [-0.15, -0.1) is 0 Å². The molecule has 5 heteroatoms.